The van der Waals surface area contributed by atoms with Crippen LogP contribution in [0.1, 0.15) is 56.2 Å². The molecule has 2 N–H and O–H groups in total. The Morgan fingerprint density at radius 3 is 2.67 bits per heavy atom. The molecule has 0 aromatic heterocycles. The lowest BCUT2D eigenvalue weighted by Gasteiger charge is -2.32. The van der Waals surface area contributed by atoms with Crippen LogP contribution >= 0.6 is 0 Å². The molecule has 1 aromatic rings. The Morgan fingerprint density at radius 2 is 2.05 bits per heavy atom. The average molecular weight is 292 g/mol. The van der Waals surface area contributed by atoms with E-state index in [9.17, 15) is 4.39 Å². The van der Waals surface area contributed by atoms with Crippen molar-refractivity contribution in [2.75, 3.05) is 19.6 Å². The minimum Gasteiger partial charge on any atom is -0.324 e. The second-order valence-electron chi connectivity index (χ2n) is 6.48. The summed E-state index contributed by atoms with van der Waals surface area (Å²) in [5.41, 5.74) is 7.81. The minimum absolute atomic E-state index is 0.0616. The third-order valence-electron chi connectivity index (χ3n) is 4.78. The summed E-state index contributed by atoms with van der Waals surface area (Å²) < 4.78 is 13.6. The van der Waals surface area contributed by atoms with Crippen molar-refractivity contribution >= 4 is 0 Å². The molecular formula is C18H29FN2. The standard InChI is InChI=1S/C18H29FN2/c1-3-4-15-7-10-21(11-8-15)12-9-18(20)16-6-5-14(2)17(19)13-16/h5-6,13,15,18H,3-4,7-12,20H2,1-2H3. The Hall–Kier alpha value is -0.930. The summed E-state index contributed by atoms with van der Waals surface area (Å²) in [6.45, 7) is 7.46. The molecule has 2 rings (SSSR count). The molecule has 118 valence electrons. The van der Waals surface area contributed by atoms with Crippen molar-refractivity contribution in [1.82, 2.24) is 4.90 Å². The van der Waals surface area contributed by atoms with Crippen molar-refractivity contribution in [2.24, 2.45) is 11.7 Å². The van der Waals surface area contributed by atoms with Crippen molar-refractivity contribution in [3.05, 3.63) is 35.1 Å². The van der Waals surface area contributed by atoms with E-state index < -0.39 is 0 Å². The molecule has 0 radical (unpaired) electrons. The Labute approximate surface area is 128 Å². The molecule has 3 heteroatoms. The van der Waals surface area contributed by atoms with E-state index in [0.29, 0.717) is 5.56 Å². The first-order valence-electron chi connectivity index (χ1n) is 8.34. The highest BCUT2D eigenvalue weighted by Crippen LogP contribution is 2.23. The third-order valence-corrected chi connectivity index (χ3v) is 4.78. The Bertz CT molecular complexity index is 439. The topological polar surface area (TPSA) is 29.3 Å². The largest absolute Gasteiger partial charge is 0.324 e. The number of aryl methyl sites for hydroxylation is 1. The summed E-state index contributed by atoms with van der Waals surface area (Å²) in [5.74, 6) is 0.773. The van der Waals surface area contributed by atoms with E-state index in [2.05, 4.69) is 11.8 Å². The van der Waals surface area contributed by atoms with Gasteiger partial charge in [0.2, 0.25) is 0 Å². The highest BCUT2D eigenvalue weighted by molar-refractivity contribution is 5.25. The number of hydrogen-bond donors (Lipinski definition) is 1. The number of nitrogens with zero attached hydrogens (tertiary/aromatic N) is 1. The predicted molar refractivity (Wildman–Crippen MR) is 86.8 cm³/mol. The van der Waals surface area contributed by atoms with E-state index >= 15 is 0 Å². The number of hydrogen-bond acceptors (Lipinski definition) is 2. The van der Waals surface area contributed by atoms with Gasteiger partial charge in [0.15, 0.2) is 0 Å². The van der Waals surface area contributed by atoms with Crippen LogP contribution in [0.4, 0.5) is 4.39 Å². The second-order valence-corrected chi connectivity index (χ2v) is 6.48. The summed E-state index contributed by atoms with van der Waals surface area (Å²) in [7, 11) is 0. The lowest BCUT2D eigenvalue weighted by Crippen LogP contribution is -2.35. The number of benzene rings is 1. The molecule has 1 saturated heterocycles. The molecule has 0 bridgehead atoms. The van der Waals surface area contributed by atoms with Crippen molar-refractivity contribution in [1.29, 1.82) is 0 Å². The maximum atomic E-state index is 13.6. The van der Waals surface area contributed by atoms with Gasteiger partial charge in [0.05, 0.1) is 0 Å². The number of halogens is 1. The SMILES string of the molecule is CCCC1CCN(CCC(N)c2ccc(C)c(F)c2)CC1. The van der Waals surface area contributed by atoms with Crippen LogP contribution < -0.4 is 5.73 Å². The molecule has 0 spiro atoms. The van der Waals surface area contributed by atoms with Gasteiger partial charge in [-0.05, 0) is 68.9 Å². The Kier molecular flexibility index (Phi) is 6.19. The van der Waals surface area contributed by atoms with Crippen molar-refractivity contribution in [2.45, 2.75) is 52.0 Å². The van der Waals surface area contributed by atoms with Gasteiger partial charge in [-0.25, -0.2) is 4.39 Å². The normalized spacial score (nSPS) is 18.9. The number of nitrogens with two attached hydrogens (primary N) is 1. The molecule has 21 heavy (non-hydrogen) atoms. The van der Waals surface area contributed by atoms with Crippen LogP contribution in [0.3, 0.4) is 0 Å². The molecule has 1 unspecified atom stereocenters. The quantitative estimate of drug-likeness (QED) is 0.857. The summed E-state index contributed by atoms with van der Waals surface area (Å²) in [6.07, 6.45) is 6.22. The van der Waals surface area contributed by atoms with Gasteiger partial charge in [0, 0.05) is 6.04 Å². The lowest BCUT2D eigenvalue weighted by molar-refractivity contribution is 0.174. The monoisotopic (exact) mass is 292 g/mol. The first kappa shape index (κ1) is 16.4. The van der Waals surface area contributed by atoms with Gasteiger partial charge >= 0.3 is 0 Å². The summed E-state index contributed by atoms with van der Waals surface area (Å²) in [6, 6.07) is 5.30. The predicted octanol–water partition coefficient (Wildman–Crippen LogP) is 4.04. The van der Waals surface area contributed by atoms with E-state index in [1.165, 1.54) is 38.8 Å². The molecule has 0 aliphatic carbocycles. The first-order valence-corrected chi connectivity index (χ1v) is 8.34. The van der Waals surface area contributed by atoms with E-state index in [1.54, 1.807) is 13.0 Å². The zero-order valence-corrected chi connectivity index (χ0v) is 13.4. The van der Waals surface area contributed by atoms with Gasteiger partial charge < -0.3 is 10.6 Å². The van der Waals surface area contributed by atoms with Crippen LogP contribution in [-0.4, -0.2) is 24.5 Å². The van der Waals surface area contributed by atoms with E-state index in [4.69, 9.17) is 5.73 Å². The smallest absolute Gasteiger partial charge is 0.126 e. The third kappa shape index (κ3) is 4.79. The van der Waals surface area contributed by atoms with Gasteiger partial charge in [0.25, 0.3) is 0 Å². The molecule has 0 amide bonds. The van der Waals surface area contributed by atoms with Crippen LogP contribution in [0, 0.1) is 18.7 Å². The van der Waals surface area contributed by atoms with E-state index in [1.807, 2.05) is 12.1 Å². The fourth-order valence-electron chi connectivity index (χ4n) is 3.24. The number of piperidine rings is 1. The van der Waals surface area contributed by atoms with Crippen molar-refractivity contribution in [3.63, 3.8) is 0 Å². The molecule has 1 atom stereocenters. The Balaban J connectivity index is 1.76. The average Bonchev–Trinajstić information content (AvgIpc) is 2.49. The summed E-state index contributed by atoms with van der Waals surface area (Å²) >= 11 is 0. The molecule has 1 aromatic carbocycles. The molecule has 1 heterocycles. The van der Waals surface area contributed by atoms with Crippen LogP contribution in [0.5, 0.6) is 0 Å². The van der Waals surface area contributed by atoms with Crippen molar-refractivity contribution < 1.29 is 4.39 Å². The molecule has 1 fully saturated rings. The maximum absolute atomic E-state index is 13.6. The fourth-order valence-corrected chi connectivity index (χ4v) is 3.24. The zero-order chi connectivity index (χ0) is 15.2. The van der Waals surface area contributed by atoms with E-state index in [0.717, 1.165) is 24.4 Å². The van der Waals surface area contributed by atoms with Gasteiger partial charge in [-0.3, -0.25) is 0 Å². The van der Waals surface area contributed by atoms with Gasteiger partial charge in [-0.1, -0.05) is 31.9 Å². The lowest BCUT2D eigenvalue weighted by atomic mass is 9.92. The maximum Gasteiger partial charge on any atom is 0.126 e. The second kappa shape index (κ2) is 7.90. The van der Waals surface area contributed by atoms with Gasteiger partial charge in [0.1, 0.15) is 5.82 Å². The summed E-state index contributed by atoms with van der Waals surface area (Å²) in [4.78, 5) is 2.51. The van der Waals surface area contributed by atoms with E-state index in [-0.39, 0.29) is 11.9 Å². The minimum atomic E-state index is -0.150. The molecule has 1 aliphatic heterocycles. The zero-order valence-electron chi connectivity index (χ0n) is 13.4. The van der Waals surface area contributed by atoms with Crippen LogP contribution in [0.25, 0.3) is 0 Å². The molecular weight excluding hydrogens is 263 g/mol. The highest BCUT2D eigenvalue weighted by Gasteiger charge is 2.19. The van der Waals surface area contributed by atoms with Gasteiger partial charge in [-0.15, -0.1) is 0 Å². The molecule has 0 saturated carbocycles. The first-order chi connectivity index (χ1) is 10.1. The number of likely N-dealkylation sites (tertiary alicyclic amines) is 1. The number of rotatable bonds is 6. The van der Waals surface area contributed by atoms with Gasteiger partial charge in [-0.2, -0.15) is 0 Å². The molecule has 1 aliphatic rings. The highest BCUT2D eigenvalue weighted by atomic mass is 19.1. The summed E-state index contributed by atoms with van der Waals surface area (Å²) in [5, 5.41) is 0. The van der Waals surface area contributed by atoms with Crippen LogP contribution in [-0.2, 0) is 0 Å². The molecule has 2 nitrogen and oxygen atoms in total. The van der Waals surface area contributed by atoms with Crippen LogP contribution in [0.2, 0.25) is 0 Å². The Morgan fingerprint density at radius 1 is 1.33 bits per heavy atom. The fraction of sp³-hybridized carbons (Fsp3) is 0.667. The van der Waals surface area contributed by atoms with Crippen LogP contribution in [0.15, 0.2) is 18.2 Å². The van der Waals surface area contributed by atoms with Crippen molar-refractivity contribution in [3.8, 4) is 0 Å².